The van der Waals surface area contributed by atoms with E-state index in [9.17, 15) is 19.2 Å². The number of amides is 3. The third kappa shape index (κ3) is 4.35. The minimum atomic E-state index is -1.10. The molecule has 7 nitrogen and oxygen atoms in total. The molecule has 0 saturated carbocycles. The van der Waals surface area contributed by atoms with Crippen LogP contribution in [0.1, 0.15) is 48.3 Å². The van der Waals surface area contributed by atoms with Crippen molar-refractivity contribution < 1.29 is 18.7 Å². The molecule has 3 heterocycles. The molecule has 0 aromatic heterocycles. The molecule has 2 fully saturated rings. The van der Waals surface area contributed by atoms with E-state index < -0.39 is 11.4 Å². The fourth-order valence-corrected chi connectivity index (χ4v) is 5.66. The Labute approximate surface area is 208 Å². The van der Waals surface area contributed by atoms with Crippen LogP contribution < -0.4 is 10.1 Å². The molecule has 3 amide bonds. The number of fused-ring (bicyclic) bond motifs is 2. The van der Waals surface area contributed by atoms with Crippen LogP contribution >= 0.6 is 11.6 Å². The lowest BCUT2D eigenvalue weighted by atomic mass is 9.84. The van der Waals surface area contributed by atoms with Crippen LogP contribution in [0.25, 0.3) is 0 Å². The van der Waals surface area contributed by atoms with Crippen LogP contribution in [-0.2, 0) is 10.3 Å². The van der Waals surface area contributed by atoms with E-state index in [-0.39, 0.29) is 17.9 Å². The van der Waals surface area contributed by atoms with E-state index in [0.717, 1.165) is 38.0 Å². The summed E-state index contributed by atoms with van der Waals surface area (Å²) in [6.07, 6.45) is 2.81. The van der Waals surface area contributed by atoms with Gasteiger partial charge >= 0.3 is 6.03 Å². The molecule has 1 unspecified atom stereocenters. The Kier molecular flexibility index (Phi) is 6.39. The first-order valence-electron chi connectivity index (χ1n) is 11.9. The Morgan fingerprint density at radius 2 is 1.97 bits per heavy atom. The van der Waals surface area contributed by atoms with Crippen LogP contribution in [0.4, 0.5) is 9.18 Å². The lowest BCUT2D eigenvalue weighted by Gasteiger charge is -2.33. The van der Waals surface area contributed by atoms with Crippen LogP contribution in [0, 0.1) is 17.1 Å². The average molecular weight is 497 g/mol. The van der Waals surface area contributed by atoms with Crippen molar-refractivity contribution in [2.24, 2.45) is 0 Å². The van der Waals surface area contributed by atoms with Gasteiger partial charge in [-0.15, -0.1) is 0 Å². The highest BCUT2D eigenvalue weighted by Gasteiger charge is 2.54. The van der Waals surface area contributed by atoms with Crippen LogP contribution in [0.5, 0.6) is 5.75 Å². The largest absolute Gasteiger partial charge is 0.493 e. The zero-order chi connectivity index (χ0) is 24.6. The maximum absolute atomic E-state index is 13.5. The number of ether oxygens (including phenoxy) is 1. The molecule has 0 bridgehead atoms. The van der Waals surface area contributed by atoms with E-state index in [1.807, 2.05) is 0 Å². The second-order valence-corrected chi connectivity index (χ2v) is 9.78. The first-order chi connectivity index (χ1) is 16.9. The quantitative estimate of drug-likeness (QED) is 0.628. The summed E-state index contributed by atoms with van der Waals surface area (Å²) in [6, 6.07) is 11.3. The first kappa shape index (κ1) is 23.6. The molecule has 0 radical (unpaired) electrons. The van der Waals surface area contributed by atoms with E-state index in [0.29, 0.717) is 47.9 Å². The maximum atomic E-state index is 13.5. The minimum absolute atomic E-state index is 0.231. The van der Waals surface area contributed by atoms with Gasteiger partial charge < -0.3 is 15.0 Å². The van der Waals surface area contributed by atoms with Crippen molar-refractivity contribution in [1.82, 2.24) is 15.1 Å². The number of carbonyl (C=O) groups is 2. The van der Waals surface area contributed by atoms with E-state index in [2.05, 4.69) is 16.3 Å². The molecule has 9 heteroatoms. The van der Waals surface area contributed by atoms with Gasteiger partial charge in [0, 0.05) is 23.6 Å². The van der Waals surface area contributed by atoms with Crippen molar-refractivity contribution in [2.45, 2.75) is 37.1 Å². The molecule has 0 aliphatic carbocycles. The fourth-order valence-electron chi connectivity index (χ4n) is 5.50. The summed E-state index contributed by atoms with van der Waals surface area (Å²) < 4.78 is 19.1. The van der Waals surface area contributed by atoms with Crippen LogP contribution in [0.3, 0.4) is 0 Å². The van der Waals surface area contributed by atoms with Gasteiger partial charge in [0.25, 0.3) is 5.91 Å². The van der Waals surface area contributed by atoms with Gasteiger partial charge in [0.15, 0.2) is 5.54 Å². The molecular formula is C26H26ClFN4O3. The molecule has 1 spiro atoms. The number of hydrogen-bond donors (Lipinski definition) is 1. The molecule has 3 aliphatic heterocycles. The Balaban J connectivity index is 1.17. The van der Waals surface area contributed by atoms with Crippen molar-refractivity contribution in [2.75, 3.05) is 32.8 Å². The van der Waals surface area contributed by atoms with Gasteiger partial charge in [-0.2, -0.15) is 5.26 Å². The lowest BCUT2D eigenvalue weighted by molar-refractivity contribution is -0.132. The number of likely N-dealkylation sites (tertiary alicyclic amines) is 1. The first-order valence-corrected chi connectivity index (χ1v) is 12.3. The Morgan fingerprint density at radius 3 is 2.74 bits per heavy atom. The van der Waals surface area contributed by atoms with E-state index in [1.165, 1.54) is 17.0 Å². The monoisotopic (exact) mass is 496 g/mol. The highest BCUT2D eigenvalue weighted by molar-refractivity contribution is 6.30. The zero-order valence-corrected chi connectivity index (χ0v) is 20.0. The van der Waals surface area contributed by atoms with Crippen LogP contribution in [0.15, 0.2) is 36.4 Å². The number of nitrogens with zero attached hydrogens (tertiary/aromatic N) is 3. The highest BCUT2D eigenvalue weighted by atomic mass is 35.5. The summed E-state index contributed by atoms with van der Waals surface area (Å²) >= 11 is 6.08. The number of piperidine rings is 1. The van der Waals surface area contributed by atoms with Crippen molar-refractivity contribution in [1.29, 1.82) is 5.26 Å². The Bertz CT molecular complexity index is 1210. The topological polar surface area (TPSA) is 85.7 Å². The number of rotatable bonds is 5. The predicted octanol–water partition coefficient (Wildman–Crippen LogP) is 4.15. The van der Waals surface area contributed by atoms with Gasteiger partial charge in [-0.25, -0.2) is 9.18 Å². The summed E-state index contributed by atoms with van der Waals surface area (Å²) in [5.41, 5.74) is 0.874. The molecule has 182 valence electrons. The zero-order valence-electron chi connectivity index (χ0n) is 19.2. The molecule has 2 aromatic rings. The smallest absolute Gasteiger partial charge is 0.325 e. The molecule has 1 N–H and O–H groups in total. The molecule has 35 heavy (non-hydrogen) atoms. The van der Waals surface area contributed by atoms with E-state index in [1.54, 1.807) is 24.3 Å². The summed E-state index contributed by atoms with van der Waals surface area (Å²) in [7, 11) is 0. The Morgan fingerprint density at radius 1 is 1.17 bits per heavy atom. The van der Waals surface area contributed by atoms with Crippen molar-refractivity contribution >= 4 is 23.5 Å². The molecule has 3 aliphatic rings. The third-order valence-corrected chi connectivity index (χ3v) is 7.57. The van der Waals surface area contributed by atoms with E-state index in [4.69, 9.17) is 16.3 Å². The lowest BCUT2D eigenvalue weighted by Crippen LogP contribution is -2.47. The third-order valence-electron chi connectivity index (χ3n) is 7.33. The van der Waals surface area contributed by atoms with Crippen molar-refractivity contribution in [3.63, 3.8) is 0 Å². The normalized spacial score (nSPS) is 22.6. The SMILES string of the molecule is N#Cc1cc(F)ccc1C1CCN(CCCN2C(=O)NC3(CCOc4cc(Cl)ccc43)C2=O)CC1. The van der Waals surface area contributed by atoms with Gasteiger partial charge in [-0.3, -0.25) is 9.69 Å². The average Bonchev–Trinajstić information content (AvgIpc) is 3.09. The van der Waals surface area contributed by atoms with Crippen molar-refractivity contribution in [3.8, 4) is 11.8 Å². The second kappa shape index (κ2) is 9.48. The van der Waals surface area contributed by atoms with Gasteiger partial charge in [-0.1, -0.05) is 23.7 Å². The summed E-state index contributed by atoms with van der Waals surface area (Å²) in [5.74, 6) is 0.128. The predicted molar refractivity (Wildman–Crippen MR) is 128 cm³/mol. The highest BCUT2D eigenvalue weighted by Crippen LogP contribution is 2.42. The summed E-state index contributed by atoms with van der Waals surface area (Å²) in [6.45, 7) is 3.13. The number of carbonyl (C=O) groups excluding carboxylic acids is 2. The summed E-state index contributed by atoms with van der Waals surface area (Å²) in [5, 5.41) is 12.8. The molecule has 1 atom stereocenters. The van der Waals surface area contributed by atoms with E-state index >= 15 is 0 Å². The number of halogens is 2. The number of nitriles is 1. The van der Waals surface area contributed by atoms with Crippen LogP contribution in [0.2, 0.25) is 5.02 Å². The molecule has 5 rings (SSSR count). The standard InChI is InChI=1S/C26H26ClFN4O3/c27-19-2-5-22-23(15-19)35-13-8-26(22)24(33)32(25(34)30-26)10-1-9-31-11-6-17(7-12-31)21-4-3-20(28)14-18(21)16-29/h2-5,14-15,17H,1,6-13H2,(H,30,34). The van der Waals surface area contributed by atoms with Gasteiger partial charge in [-0.05, 0) is 74.6 Å². The second-order valence-electron chi connectivity index (χ2n) is 9.34. The van der Waals surface area contributed by atoms with Crippen molar-refractivity contribution in [3.05, 3.63) is 63.9 Å². The van der Waals surface area contributed by atoms with Crippen LogP contribution in [-0.4, -0.2) is 54.5 Å². The summed E-state index contributed by atoms with van der Waals surface area (Å²) in [4.78, 5) is 29.8. The Hall–Kier alpha value is -3.15. The number of hydrogen-bond acceptors (Lipinski definition) is 5. The number of nitrogens with one attached hydrogen (secondary N) is 1. The van der Waals surface area contributed by atoms with Gasteiger partial charge in [0.1, 0.15) is 11.6 Å². The minimum Gasteiger partial charge on any atom is -0.493 e. The number of imide groups is 1. The van der Waals surface area contributed by atoms with Gasteiger partial charge in [0.05, 0.1) is 18.2 Å². The molecule has 2 aromatic carbocycles. The fraction of sp³-hybridized carbons (Fsp3) is 0.423. The molecule has 2 saturated heterocycles. The number of benzene rings is 2. The van der Waals surface area contributed by atoms with Gasteiger partial charge in [0.2, 0.25) is 0 Å². The number of urea groups is 1. The molecular weight excluding hydrogens is 471 g/mol. The maximum Gasteiger partial charge on any atom is 0.325 e.